The predicted octanol–water partition coefficient (Wildman–Crippen LogP) is 13.4. The van der Waals surface area contributed by atoms with Gasteiger partial charge in [-0.05, 0) is 82.1 Å². The monoisotopic (exact) mass is 638 g/mol. The van der Waals surface area contributed by atoms with E-state index in [1.165, 1.54) is 0 Å². The Balaban J connectivity index is 1.29. The average Bonchev–Trinajstić information content (AvgIpc) is 3.87. The van der Waals surface area contributed by atoms with Crippen LogP contribution in [0.15, 0.2) is 184 Å². The van der Waals surface area contributed by atoms with Crippen LogP contribution in [0.2, 0.25) is 0 Å². The molecule has 0 amide bonds. The molecule has 0 spiro atoms. The quantitative estimate of drug-likeness (QED) is 0.188. The first-order valence-corrected chi connectivity index (χ1v) is 15.7. The number of anilines is 3. The molecule has 3 nitrogen and oxygen atoms in total. The first kappa shape index (κ1) is 18.7. The number of furan rings is 2. The molecular formula is C46H29NO2. The molecule has 49 heavy (non-hydrogen) atoms. The molecule has 0 unspecified atom stereocenters. The zero-order chi connectivity index (χ0) is 41.9. The van der Waals surface area contributed by atoms with Gasteiger partial charge in [0.25, 0.3) is 0 Å². The van der Waals surface area contributed by atoms with Gasteiger partial charge in [0.2, 0.25) is 0 Å². The molecule has 0 saturated heterocycles. The van der Waals surface area contributed by atoms with Gasteiger partial charge in [-0.2, -0.15) is 0 Å². The number of hydrogen-bond acceptors (Lipinski definition) is 3. The second kappa shape index (κ2) is 11.0. The molecule has 3 heteroatoms. The predicted molar refractivity (Wildman–Crippen MR) is 204 cm³/mol. The van der Waals surface area contributed by atoms with Gasteiger partial charge in [0, 0.05) is 32.9 Å². The molecule has 2 heterocycles. The van der Waals surface area contributed by atoms with E-state index in [1.54, 1.807) is 11.0 Å². The second-order valence-corrected chi connectivity index (χ2v) is 11.6. The Labute approximate surface area is 298 Å². The van der Waals surface area contributed by atoms with Crippen LogP contribution in [-0.4, -0.2) is 0 Å². The SMILES string of the molecule is [2H]c1c([2H])c(N(c2ccc(-c3ccccc3)cc2)c2cccc3oc4c5ccccc5ccc4c23)c([2H])c([2H])c1-c1c([2H])c([2H])c([2H])c2oc3c([2H])c([2H])c([2H])c([2H])c3c12. The Bertz CT molecular complexity index is 3420. The van der Waals surface area contributed by atoms with Crippen molar-refractivity contribution in [1.29, 1.82) is 0 Å². The summed E-state index contributed by atoms with van der Waals surface area (Å²) < 4.78 is 111. The molecule has 0 fully saturated rings. The molecule has 0 aliphatic rings. The molecule has 230 valence electrons. The first-order chi connectivity index (χ1) is 28.9. The minimum atomic E-state index is -0.640. The number of fused-ring (bicyclic) bond motifs is 8. The van der Waals surface area contributed by atoms with Crippen molar-refractivity contribution in [2.24, 2.45) is 0 Å². The van der Waals surface area contributed by atoms with Crippen molar-refractivity contribution in [3.05, 3.63) is 176 Å². The first-order valence-electron chi connectivity index (χ1n) is 21.2. The van der Waals surface area contributed by atoms with Crippen molar-refractivity contribution in [3.8, 4) is 22.3 Å². The Morgan fingerprint density at radius 3 is 2.08 bits per heavy atom. The highest BCUT2D eigenvalue weighted by Gasteiger charge is 2.21. The molecule has 0 atom stereocenters. The van der Waals surface area contributed by atoms with Gasteiger partial charge in [0.15, 0.2) is 0 Å². The van der Waals surface area contributed by atoms with Crippen molar-refractivity contribution < 1.29 is 23.9 Å². The van der Waals surface area contributed by atoms with Crippen LogP contribution >= 0.6 is 0 Å². The van der Waals surface area contributed by atoms with E-state index < -0.39 is 66.5 Å². The van der Waals surface area contributed by atoms with E-state index in [9.17, 15) is 5.48 Å². The lowest BCUT2D eigenvalue weighted by Crippen LogP contribution is -2.10. The van der Waals surface area contributed by atoms with Gasteiger partial charge in [-0.3, -0.25) is 0 Å². The summed E-state index contributed by atoms with van der Waals surface area (Å²) in [5, 5.41) is 2.95. The molecule has 0 saturated carbocycles. The standard InChI is InChI=1S/C46H29NO2/c1-2-10-30(11-3-1)31-20-25-34(26-21-31)47(40-16-9-19-43-45(40)39-29-24-32-12-4-5-13-37(32)46(39)49-43)35-27-22-33(23-28-35)36-15-8-18-42-44(36)38-14-6-7-17-41(38)48-42/h1-29H/i6D,7D,8D,14D,15D,17D,18D,22D,23D,27D,28D. The van der Waals surface area contributed by atoms with Crippen LogP contribution < -0.4 is 4.90 Å². The van der Waals surface area contributed by atoms with Crippen molar-refractivity contribution >= 4 is 71.7 Å². The van der Waals surface area contributed by atoms with E-state index in [0.717, 1.165) is 27.3 Å². The molecule has 8 aromatic carbocycles. The van der Waals surface area contributed by atoms with Crippen molar-refractivity contribution in [1.82, 2.24) is 0 Å². The normalized spacial score (nSPS) is 14.8. The molecule has 10 rings (SSSR count). The van der Waals surface area contributed by atoms with E-state index in [-0.39, 0.29) is 38.8 Å². The average molecular weight is 639 g/mol. The summed E-state index contributed by atoms with van der Waals surface area (Å²) in [5.41, 5.74) is 2.62. The highest BCUT2D eigenvalue weighted by atomic mass is 16.3. The molecule has 10 aromatic rings. The Hall–Kier alpha value is -6.58. The third-order valence-electron chi connectivity index (χ3n) is 8.87. The highest BCUT2D eigenvalue weighted by Crippen LogP contribution is 2.45. The van der Waals surface area contributed by atoms with Crippen LogP contribution in [0.3, 0.4) is 0 Å². The van der Waals surface area contributed by atoms with Crippen LogP contribution in [0.4, 0.5) is 17.1 Å². The van der Waals surface area contributed by atoms with Crippen molar-refractivity contribution in [2.75, 3.05) is 4.90 Å². The third kappa shape index (κ3) is 4.44. The number of nitrogens with zero attached hydrogens (tertiary/aromatic N) is 1. The number of benzene rings is 8. The van der Waals surface area contributed by atoms with E-state index in [2.05, 4.69) is 0 Å². The third-order valence-corrected chi connectivity index (χ3v) is 8.87. The summed E-state index contributed by atoms with van der Waals surface area (Å²) in [7, 11) is 0. The topological polar surface area (TPSA) is 29.5 Å². The lowest BCUT2D eigenvalue weighted by molar-refractivity contribution is 0.669. The van der Waals surface area contributed by atoms with Gasteiger partial charge >= 0.3 is 0 Å². The fourth-order valence-electron chi connectivity index (χ4n) is 6.63. The molecule has 0 N–H and O–H groups in total. The number of rotatable bonds is 5. The van der Waals surface area contributed by atoms with Crippen molar-refractivity contribution in [3.63, 3.8) is 0 Å². The van der Waals surface area contributed by atoms with Crippen LogP contribution in [0.25, 0.3) is 76.9 Å². The minimum Gasteiger partial charge on any atom is -0.456 e. The minimum absolute atomic E-state index is 0.117. The van der Waals surface area contributed by atoms with Gasteiger partial charge in [-0.25, -0.2) is 0 Å². The van der Waals surface area contributed by atoms with Gasteiger partial charge < -0.3 is 13.7 Å². The Morgan fingerprint density at radius 1 is 0.429 bits per heavy atom. The largest absolute Gasteiger partial charge is 0.456 e. The van der Waals surface area contributed by atoms with E-state index in [1.807, 2.05) is 103 Å². The van der Waals surface area contributed by atoms with Gasteiger partial charge in [0.05, 0.1) is 26.2 Å². The van der Waals surface area contributed by atoms with Crippen LogP contribution in [-0.2, 0) is 0 Å². The lowest BCUT2D eigenvalue weighted by Gasteiger charge is -2.26. The van der Waals surface area contributed by atoms with E-state index >= 15 is 0 Å². The summed E-state index contributed by atoms with van der Waals surface area (Å²) in [6, 6.07) is 28.3. The fraction of sp³-hybridized carbons (Fsp3) is 0. The Kier molecular flexibility index (Phi) is 4.19. The lowest BCUT2D eigenvalue weighted by atomic mass is 9.98. The molecule has 2 aromatic heterocycles. The van der Waals surface area contributed by atoms with Gasteiger partial charge in [-0.1, -0.05) is 121 Å². The smallest absolute Gasteiger partial charge is 0.143 e. The second-order valence-electron chi connectivity index (χ2n) is 11.6. The molecular weight excluding hydrogens is 599 g/mol. The zero-order valence-electron chi connectivity index (χ0n) is 36.7. The molecule has 0 aliphatic carbocycles. The summed E-state index contributed by atoms with van der Waals surface area (Å²) >= 11 is 0. The van der Waals surface area contributed by atoms with Gasteiger partial charge in [-0.15, -0.1) is 0 Å². The maximum Gasteiger partial charge on any atom is 0.143 e. The number of para-hydroxylation sites is 1. The maximum atomic E-state index is 9.66. The van der Waals surface area contributed by atoms with Crippen LogP contribution in [0.5, 0.6) is 0 Å². The van der Waals surface area contributed by atoms with Gasteiger partial charge in [0.1, 0.15) is 22.3 Å². The highest BCUT2D eigenvalue weighted by molar-refractivity contribution is 6.19. The van der Waals surface area contributed by atoms with Crippen LogP contribution in [0, 0.1) is 0 Å². The number of hydrogen-bond donors (Lipinski definition) is 0. The van der Waals surface area contributed by atoms with Crippen molar-refractivity contribution in [2.45, 2.75) is 0 Å². The maximum absolute atomic E-state index is 9.66. The van der Waals surface area contributed by atoms with Crippen LogP contribution in [0.1, 0.15) is 15.1 Å². The molecule has 0 aliphatic heterocycles. The fourth-order valence-corrected chi connectivity index (χ4v) is 6.63. The molecule has 0 radical (unpaired) electrons. The zero-order valence-corrected chi connectivity index (χ0v) is 25.7. The summed E-state index contributed by atoms with van der Waals surface area (Å²) in [4.78, 5) is 1.66. The summed E-state index contributed by atoms with van der Waals surface area (Å²) in [6.07, 6.45) is 0. The summed E-state index contributed by atoms with van der Waals surface area (Å²) in [5.74, 6) is 0. The van der Waals surface area contributed by atoms with E-state index in [0.29, 0.717) is 27.9 Å². The van der Waals surface area contributed by atoms with E-state index in [4.69, 9.17) is 18.4 Å². The molecule has 0 bridgehead atoms. The summed E-state index contributed by atoms with van der Waals surface area (Å²) in [6.45, 7) is 0. The Morgan fingerprint density at radius 2 is 1.20 bits per heavy atom.